The lowest BCUT2D eigenvalue weighted by Gasteiger charge is -2.25. The Morgan fingerprint density at radius 1 is 1.00 bits per heavy atom. The molecule has 3 heteroatoms. The van der Waals surface area contributed by atoms with Crippen LogP contribution in [0.1, 0.15) is 41.3 Å². The average Bonchev–Trinajstić information content (AvgIpc) is 2.48. The summed E-state index contributed by atoms with van der Waals surface area (Å²) in [6.45, 7) is 8.53. The first-order valence-electron chi connectivity index (χ1n) is 7.78. The Balaban J connectivity index is 1.97. The molecule has 1 N–H and O–H groups in total. The van der Waals surface area contributed by atoms with Crippen LogP contribution in [0.4, 0.5) is 0 Å². The first-order valence-corrected chi connectivity index (χ1v) is 7.78. The van der Waals surface area contributed by atoms with Crippen LogP contribution in [0.25, 0.3) is 11.4 Å². The van der Waals surface area contributed by atoms with Gasteiger partial charge < -0.3 is 5.32 Å². The molecule has 2 heterocycles. The number of nitrogens with zero attached hydrogens (tertiary/aromatic N) is 2. The van der Waals surface area contributed by atoms with E-state index in [0.717, 1.165) is 35.9 Å². The minimum atomic E-state index is 0.561. The van der Waals surface area contributed by atoms with E-state index in [2.05, 4.69) is 50.4 Å². The fourth-order valence-electron chi connectivity index (χ4n) is 3.25. The van der Waals surface area contributed by atoms with Crippen LogP contribution in [0, 0.1) is 20.8 Å². The molecule has 1 aliphatic heterocycles. The number of aryl methyl sites for hydroxylation is 3. The third kappa shape index (κ3) is 2.98. The Morgan fingerprint density at radius 3 is 2.24 bits per heavy atom. The van der Waals surface area contributed by atoms with Gasteiger partial charge in [-0.05, 0) is 51.6 Å². The van der Waals surface area contributed by atoms with E-state index in [1.165, 1.54) is 24.0 Å². The van der Waals surface area contributed by atoms with E-state index in [-0.39, 0.29) is 0 Å². The van der Waals surface area contributed by atoms with Crippen LogP contribution in [0.2, 0.25) is 0 Å². The lowest BCUT2D eigenvalue weighted by molar-refractivity contribution is 0.457. The maximum Gasteiger partial charge on any atom is 0.159 e. The number of piperidine rings is 1. The van der Waals surface area contributed by atoms with Crippen LogP contribution in [0.5, 0.6) is 0 Å². The molecule has 0 radical (unpaired) electrons. The maximum atomic E-state index is 4.77. The van der Waals surface area contributed by atoms with Crippen LogP contribution in [0.15, 0.2) is 24.3 Å². The minimum absolute atomic E-state index is 0.561. The quantitative estimate of drug-likeness (QED) is 0.915. The topological polar surface area (TPSA) is 37.8 Å². The highest BCUT2D eigenvalue weighted by Crippen LogP contribution is 2.29. The van der Waals surface area contributed by atoms with Gasteiger partial charge in [0.1, 0.15) is 0 Å². The molecule has 1 saturated heterocycles. The molecule has 21 heavy (non-hydrogen) atoms. The predicted molar refractivity (Wildman–Crippen MR) is 86.5 cm³/mol. The standard InChI is InChI=1S/C18H23N3/c1-12-6-8-15(9-7-12)18-20-13(2)17(14(3)21-18)16-5-4-10-19-11-16/h6-9,16,19H,4-5,10-11H2,1-3H3. The molecule has 0 aliphatic carbocycles. The fraction of sp³-hybridized carbons (Fsp3) is 0.444. The summed E-state index contributed by atoms with van der Waals surface area (Å²) in [4.78, 5) is 9.54. The van der Waals surface area contributed by atoms with Crippen LogP contribution < -0.4 is 5.32 Å². The van der Waals surface area contributed by atoms with Crippen molar-refractivity contribution in [2.75, 3.05) is 13.1 Å². The van der Waals surface area contributed by atoms with Gasteiger partial charge in [-0.25, -0.2) is 9.97 Å². The van der Waals surface area contributed by atoms with E-state index in [1.807, 2.05) is 0 Å². The fourth-order valence-corrected chi connectivity index (χ4v) is 3.25. The summed E-state index contributed by atoms with van der Waals surface area (Å²) in [6, 6.07) is 8.43. The molecule has 110 valence electrons. The van der Waals surface area contributed by atoms with Gasteiger partial charge in [-0.15, -0.1) is 0 Å². The van der Waals surface area contributed by atoms with Crippen molar-refractivity contribution in [2.24, 2.45) is 0 Å². The summed E-state index contributed by atoms with van der Waals surface area (Å²) in [7, 11) is 0. The zero-order chi connectivity index (χ0) is 14.8. The van der Waals surface area contributed by atoms with Crippen molar-refractivity contribution in [3.8, 4) is 11.4 Å². The van der Waals surface area contributed by atoms with Gasteiger partial charge in [0.15, 0.2) is 5.82 Å². The van der Waals surface area contributed by atoms with Crippen molar-refractivity contribution in [3.05, 3.63) is 46.8 Å². The van der Waals surface area contributed by atoms with E-state index < -0.39 is 0 Å². The van der Waals surface area contributed by atoms with Crippen LogP contribution in [0.3, 0.4) is 0 Å². The van der Waals surface area contributed by atoms with Gasteiger partial charge in [-0.1, -0.05) is 29.8 Å². The predicted octanol–water partition coefficient (Wildman–Crippen LogP) is 3.54. The van der Waals surface area contributed by atoms with Gasteiger partial charge in [-0.3, -0.25) is 0 Å². The van der Waals surface area contributed by atoms with Crippen LogP contribution >= 0.6 is 0 Å². The Morgan fingerprint density at radius 2 is 1.67 bits per heavy atom. The molecule has 0 spiro atoms. The second-order valence-corrected chi connectivity index (χ2v) is 6.04. The molecule has 0 amide bonds. The Kier molecular flexibility index (Phi) is 4.02. The molecule has 1 atom stereocenters. The van der Waals surface area contributed by atoms with E-state index in [0.29, 0.717) is 5.92 Å². The summed E-state index contributed by atoms with van der Waals surface area (Å²) in [6.07, 6.45) is 2.48. The summed E-state index contributed by atoms with van der Waals surface area (Å²) in [5.41, 5.74) is 5.97. The van der Waals surface area contributed by atoms with Gasteiger partial charge in [-0.2, -0.15) is 0 Å². The normalized spacial score (nSPS) is 18.7. The number of rotatable bonds is 2. The second-order valence-electron chi connectivity index (χ2n) is 6.04. The van der Waals surface area contributed by atoms with Crippen LogP contribution in [-0.2, 0) is 0 Å². The Labute approximate surface area is 126 Å². The Hall–Kier alpha value is -1.74. The number of aromatic nitrogens is 2. The SMILES string of the molecule is Cc1ccc(-c2nc(C)c(C3CCCNC3)c(C)n2)cc1. The minimum Gasteiger partial charge on any atom is -0.316 e. The number of hydrogen-bond acceptors (Lipinski definition) is 3. The number of hydrogen-bond donors (Lipinski definition) is 1. The summed E-state index contributed by atoms with van der Waals surface area (Å²) < 4.78 is 0. The molecule has 1 fully saturated rings. The van der Waals surface area contributed by atoms with Crippen molar-refractivity contribution < 1.29 is 0 Å². The zero-order valence-electron chi connectivity index (χ0n) is 13.1. The largest absolute Gasteiger partial charge is 0.316 e. The molecule has 0 bridgehead atoms. The molecular formula is C18H23N3. The third-order valence-corrected chi connectivity index (χ3v) is 4.34. The van der Waals surface area contributed by atoms with Gasteiger partial charge >= 0.3 is 0 Å². The first kappa shape index (κ1) is 14.2. The van der Waals surface area contributed by atoms with Gasteiger partial charge in [0.2, 0.25) is 0 Å². The molecule has 1 aromatic heterocycles. The molecule has 1 aromatic carbocycles. The lowest BCUT2D eigenvalue weighted by Crippen LogP contribution is -2.29. The second kappa shape index (κ2) is 5.94. The molecule has 3 rings (SSSR count). The summed E-state index contributed by atoms with van der Waals surface area (Å²) in [5.74, 6) is 1.41. The van der Waals surface area contributed by atoms with Crippen LogP contribution in [-0.4, -0.2) is 23.1 Å². The van der Waals surface area contributed by atoms with Crippen molar-refractivity contribution in [1.82, 2.24) is 15.3 Å². The molecule has 2 aromatic rings. The number of nitrogens with one attached hydrogen (secondary N) is 1. The van der Waals surface area contributed by atoms with E-state index in [9.17, 15) is 0 Å². The van der Waals surface area contributed by atoms with E-state index in [4.69, 9.17) is 9.97 Å². The molecule has 1 unspecified atom stereocenters. The van der Waals surface area contributed by atoms with E-state index in [1.54, 1.807) is 0 Å². The van der Waals surface area contributed by atoms with Crippen molar-refractivity contribution in [3.63, 3.8) is 0 Å². The van der Waals surface area contributed by atoms with Crippen molar-refractivity contribution >= 4 is 0 Å². The highest BCUT2D eigenvalue weighted by molar-refractivity contribution is 5.56. The number of benzene rings is 1. The lowest BCUT2D eigenvalue weighted by atomic mass is 9.89. The zero-order valence-corrected chi connectivity index (χ0v) is 13.1. The third-order valence-electron chi connectivity index (χ3n) is 4.34. The first-order chi connectivity index (χ1) is 10.1. The maximum absolute atomic E-state index is 4.77. The summed E-state index contributed by atoms with van der Waals surface area (Å²) in [5, 5.41) is 3.48. The smallest absolute Gasteiger partial charge is 0.159 e. The summed E-state index contributed by atoms with van der Waals surface area (Å²) >= 11 is 0. The van der Waals surface area contributed by atoms with Gasteiger partial charge in [0, 0.05) is 23.5 Å². The Bertz CT molecular complexity index is 602. The van der Waals surface area contributed by atoms with Gasteiger partial charge in [0.05, 0.1) is 0 Å². The monoisotopic (exact) mass is 281 g/mol. The highest BCUT2D eigenvalue weighted by atomic mass is 14.9. The van der Waals surface area contributed by atoms with Crippen molar-refractivity contribution in [2.45, 2.75) is 39.5 Å². The van der Waals surface area contributed by atoms with Gasteiger partial charge in [0.25, 0.3) is 0 Å². The average molecular weight is 281 g/mol. The highest BCUT2D eigenvalue weighted by Gasteiger charge is 2.21. The molecule has 0 saturated carbocycles. The molecule has 1 aliphatic rings. The molecular weight excluding hydrogens is 258 g/mol. The molecule has 3 nitrogen and oxygen atoms in total. The van der Waals surface area contributed by atoms with E-state index >= 15 is 0 Å². The van der Waals surface area contributed by atoms with Crippen molar-refractivity contribution in [1.29, 1.82) is 0 Å².